The molecule has 96 valence electrons. The second kappa shape index (κ2) is 5.77. The van der Waals surface area contributed by atoms with Crippen LogP contribution in [0.15, 0.2) is 23.1 Å². The van der Waals surface area contributed by atoms with Gasteiger partial charge in [0.05, 0.1) is 11.0 Å². The molecule has 0 aliphatic rings. The first-order valence-corrected chi connectivity index (χ1v) is 6.71. The van der Waals surface area contributed by atoms with E-state index in [0.717, 1.165) is 23.2 Å². The standard InChI is InChI=1S/C12H15N3O2S/c1-2-5-18-8-3-4-9-10(6-8)15-11(14-9)7-17-12(13)16/h3-4,6H,2,5,7H2,1H3,(H2,13,16)(H,14,15). The Balaban J connectivity index is 2.14. The maximum absolute atomic E-state index is 10.5. The van der Waals surface area contributed by atoms with Crippen molar-refractivity contribution in [1.82, 2.24) is 9.97 Å². The number of aromatic amines is 1. The Bertz CT molecular complexity index is 553. The Morgan fingerprint density at radius 2 is 2.39 bits per heavy atom. The molecule has 0 saturated carbocycles. The van der Waals surface area contributed by atoms with E-state index >= 15 is 0 Å². The first kappa shape index (κ1) is 12.8. The molecule has 0 unspecified atom stereocenters. The highest BCUT2D eigenvalue weighted by Gasteiger charge is 2.05. The van der Waals surface area contributed by atoms with E-state index in [9.17, 15) is 4.79 Å². The quantitative estimate of drug-likeness (QED) is 0.814. The normalized spacial score (nSPS) is 10.7. The third kappa shape index (κ3) is 3.16. The fourth-order valence-corrected chi connectivity index (χ4v) is 2.36. The molecule has 0 bridgehead atoms. The third-order valence-electron chi connectivity index (χ3n) is 2.33. The molecule has 1 aromatic carbocycles. The number of imidazole rings is 1. The van der Waals surface area contributed by atoms with Gasteiger partial charge in [-0.05, 0) is 30.4 Å². The molecule has 0 atom stereocenters. The first-order valence-electron chi connectivity index (χ1n) is 5.72. The van der Waals surface area contributed by atoms with Crippen LogP contribution in [-0.2, 0) is 11.3 Å². The number of hydrogen-bond acceptors (Lipinski definition) is 4. The summed E-state index contributed by atoms with van der Waals surface area (Å²) in [7, 11) is 0. The van der Waals surface area contributed by atoms with Crippen molar-refractivity contribution in [3.8, 4) is 0 Å². The Morgan fingerprint density at radius 1 is 1.56 bits per heavy atom. The molecule has 1 aromatic heterocycles. The Labute approximate surface area is 109 Å². The van der Waals surface area contributed by atoms with Crippen LogP contribution in [0.4, 0.5) is 4.79 Å². The van der Waals surface area contributed by atoms with Gasteiger partial charge in [-0.15, -0.1) is 11.8 Å². The number of aromatic nitrogens is 2. The Morgan fingerprint density at radius 3 is 3.11 bits per heavy atom. The summed E-state index contributed by atoms with van der Waals surface area (Å²) in [6, 6.07) is 6.06. The van der Waals surface area contributed by atoms with Crippen LogP contribution in [0.3, 0.4) is 0 Å². The molecule has 2 rings (SSSR count). The number of carbonyl (C=O) groups excluding carboxylic acids is 1. The number of hydrogen-bond donors (Lipinski definition) is 2. The lowest BCUT2D eigenvalue weighted by Gasteiger charge is -1.98. The van der Waals surface area contributed by atoms with Crippen molar-refractivity contribution < 1.29 is 9.53 Å². The molecule has 0 spiro atoms. The van der Waals surface area contributed by atoms with Crippen LogP contribution in [-0.4, -0.2) is 21.8 Å². The fourth-order valence-electron chi connectivity index (χ4n) is 1.56. The molecule has 3 N–H and O–H groups in total. The van der Waals surface area contributed by atoms with Gasteiger partial charge in [0.15, 0.2) is 6.61 Å². The van der Waals surface area contributed by atoms with Crippen molar-refractivity contribution >= 4 is 28.9 Å². The molecule has 1 amide bonds. The lowest BCUT2D eigenvalue weighted by atomic mass is 10.3. The summed E-state index contributed by atoms with van der Waals surface area (Å²) in [4.78, 5) is 19.1. The number of primary amides is 1. The number of nitrogens with zero attached hydrogens (tertiary/aromatic N) is 1. The second-order valence-corrected chi connectivity index (χ2v) is 4.99. The molecule has 1 heterocycles. The van der Waals surface area contributed by atoms with Crippen molar-refractivity contribution in [2.75, 3.05) is 5.75 Å². The van der Waals surface area contributed by atoms with Gasteiger partial charge in [-0.25, -0.2) is 9.78 Å². The lowest BCUT2D eigenvalue weighted by molar-refractivity contribution is 0.147. The minimum absolute atomic E-state index is 0.0709. The summed E-state index contributed by atoms with van der Waals surface area (Å²) in [5, 5.41) is 0. The predicted molar refractivity (Wildman–Crippen MR) is 71.5 cm³/mol. The van der Waals surface area contributed by atoms with E-state index in [2.05, 4.69) is 23.0 Å². The highest BCUT2D eigenvalue weighted by Crippen LogP contribution is 2.23. The van der Waals surface area contributed by atoms with Crippen LogP contribution >= 0.6 is 11.8 Å². The fraction of sp³-hybridized carbons (Fsp3) is 0.333. The minimum atomic E-state index is -0.797. The van der Waals surface area contributed by atoms with Crippen LogP contribution in [0, 0.1) is 0 Å². The van der Waals surface area contributed by atoms with E-state index in [-0.39, 0.29) is 6.61 Å². The van der Waals surface area contributed by atoms with Crippen molar-refractivity contribution in [2.45, 2.75) is 24.8 Å². The number of benzene rings is 1. The molecular weight excluding hydrogens is 250 g/mol. The molecule has 18 heavy (non-hydrogen) atoms. The van der Waals surface area contributed by atoms with Gasteiger partial charge in [0.2, 0.25) is 0 Å². The van der Waals surface area contributed by atoms with Crippen molar-refractivity contribution in [2.24, 2.45) is 5.73 Å². The summed E-state index contributed by atoms with van der Waals surface area (Å²) in [6.45, 7) is 2.22. The van der Waals surface area contributed by atoms with Gasteiger partial charge in [0, 0.05) is 4.90 Å². The second-order valence-electron chi connectivity index (χ2n) is 3.82. The Hall–Kier alpha value is -1.69. The Kier molecular flexibility index (Phi) is 4.09. The van der Waals surface area contributed by atoms with Gasteiger partial charge in [0.25, 0.3) is 0 Å². The van der Waals surface area contributed by atoms with Gasteiger partial charge < -0.3 is 15.5 Å². The highest BCUT2D eigenvalue weighted by atomic mass is 32.2. The van der Waals surface area contributed by atoms with Gasteiger partial charge in [0.1, 0.15) is 5.82 Å². The van der Waals surface area contributed by atoms with Crippen molar-refractivity contribution in [3.05, 3.63) is 24.0 Å². The van der Waals surface area contributed by atoms with Gasteiger partial charge in [-0.2, -0.15) is 0 Å². The highest BCUT2D eigenvalue weighted by molar-refractivity contribution is 7.99. The largest absolute Gasteiger partial charge is 0.442 e. The number of fused-ring (bicyclic) bond motifs is 1. The van der Waals surface area contributed by atoms with Gasteiger partial charge in [-0.3, -0.25) is 0 Å². The SMILES string of the molecule is CCCSc1ccc2[nH]c(COC(N)=O)nc2c1. The molecule has 0 saturated heterocycles. The summed E-state index contributed by atoms with van der Waals surface area (Å²) in [6.07, 6.45) is 0.343. The summed E-state index contributed by atoms with van der Waals surface area (Å²) in [5.74, 6) is 1.69. The zero-order valence-corrected chi connectivity index (χ0v) is 10.9. The molecular formula is C12H15N3O2S. The summed E-state index contributed by atoms with van der Waals surface area (Å²) < 4.78 is 4.69. The van der Waals surface area contributed by atoms with Crippen LogP contribution < -0.4 is 5.73 Å². The van der Waals surface area contributed by atoms with E-state index in [1.54, 1.807) is 11.8 Å². The number of ether oxygens (including phenoxy) is 1. The lowest BCUT2D eigenvalue weighted by Crippen LogP contribution is -2.13. The first-order chi connectivity index (χ1) is 8.69. The molecule has 5 nitrogen and oxygen atoms in total. The molecule has 2 aromatic rings. The number of H-pyrrole nitrogens is 1. The average Bonchev–Trinajstić information content (AvgIpc) is 2.75. The average molecular weight is 265 g/mol. The summed E-state index contributed by atoms with van der Waals surface area (Å²) in [5.41, 5.74) is 6.71. The van der Waals surface area contributed by atoms with Crippen molar-refractivity contribution in [1.29, 1.82) is 0 Å². The topological polar surface area (TPSA) is 81.0 Å². The molecule has 0 aliphatic carbocycles. The van der Waals surface area contributed by atoms with Gasteiger partial charge >= 0.3 is 6.09 Å². The maximum atomic E-state index is 10.5. The van der Waals surface area contributed by atoms with E-state index < -0.39 is 6.09 Å². The number of carbonyl (C=O) groups is 1. The molecule has 0 aliphatic heterocycles. The third-order valence-corrected chi connectivity index (χ3v) is 3.53. The van der Waals surface area contributed by atoms with Gasteiger partial charge in [-0.1, -0.05) is 6.92 Å². The number of thioether (sulfide) groups is 1. The van der Waals surface area contributed by atoms with E-state index in [0.29, 0.717) is 5.82 Å². The number of nitrogens with one attached hydrogen (secondary N) is 1. The molecule has 0 radical (unpaired) electrons. The van der Waals surface area contributed by atoms with Crippen LogP contribution in [0.25, 0.3) is 11.0 Å². The smallest absolute Gasteiger partial charge is 0.404 e. The van der Waals surface area contributed by atoms with Crippen LogP contribution in [0.2, 0.25) is 0 Å². The zero-order chi connectivity index (χ0) is 13.0. The zero-order valence-electron chi connectivity index (χ0n) is 10.1. The van der Waals surface area contributed by atoms with E-state index in [1.807, 2.05) is 12.1 Å². The van der Waals surface area contributed by atoms with E-state index in [1.165, 1.54) is 4.90 Å². The number of rotatable bonds is 5. The molecule has 6 heteroatoms. The van der Waals surface area contributed by atoms with Crippen LogP contribution in [0.1, 0.15) is 19.2 Å². The number of nitrogens with two attached hydrogens (primary N) is 1. The maximum Gasteiger partial charge on any atom is 0.404 e. The van der Waals surface area contributed by atoms with Crippen molar-refractivity contribution in [3.63, 3.8) is 0 Å². The van der Waals surface area contributed by atoms with E-state index in [4.69, 9.17) is 10.5 Å². The minimum Gasteiger partial charge on any atom is -0.442 e. The monoisotopic (exact) mass is 265 g/mol. The molecule has 0 fully saturated rings. The van der Waals surface area contributed by atoms with Crippen LogP contribution in [0.5, 0.6) is 0 Å². The number of amides is 1. The predicted octanol–water partition coefficient (Wildman–Crippen LogP) is 2.66. The summed E-state index contributed by atoms with van der Waals surface area (Å²) >= 11 is 1.80.